The molecule has 0 spiro atoms. The number of benzene rings is 2. The van der Waals surface area contributed by atoms with Crippen LogP contribution in [0.15, 0.2) is 60.7 Å². The molecule has 3 aromatic rings. The van der Waals surface area contributed by atoms with E-state index < -0.39 is 0 Å². The Morgan fingerprint density at radius 1 is 1.03 bits per heavy atom. The van der Waals surface area contributed by atoms with Gasteiger partial charge >= 0.3 is 6.03 Å². The Labute approximate surface area is 169 Å². The third kappa shape index (κ3) is 4.29. The molecule has 0 atom stereocenters. The van der Waals surface area contributed by atoms with Gasteiger partial charge in [-0.15, -0.1) is 0 Å². The highest BCUT2D eigenvalue weighted by Crippen LogP contribution is 2.18. The number of hydrogen-bond acceptors (Lipinski definition) is 3. The second kappa shape index (κ2) is 8.18. The van der Waals surface area contributed by atoms with E-state index in [1.54, 1.807) is 15.6 Å². The number of amides is 3. The topological polar surface area (TPSA) is 79.3 Å². The molecule has 29 heavy (non-hydrogen) atoms. The molecule has 1 aliphatic rings. The molecule has 0 aliphatic carbocycles. The van der Waals surface area contributed by atoms with Crippen molar-refractivity contribution in [3.05, 3.63) is 83.2 Å². The Balaban J connectivity index is 1.38. The summed E-state index contributed by atoms with van der Waals surface area (Å²) in [7, 11) is 0. The number of para-hydroxylation sites is 1. The van der Waals surface area contributed by atoms with E-state index in [0.29, 0.717) is 31.9 Å². The first-order chi connectivity index (χ1) is 14.1. The number of hydrogen-bond donors (Lipinski definition) is 2. The zero-order valence-electron chi connectivity index (χ0n) is 16.3. The summed E-state index contributed by atoms with van der Waals surface area (Å²) >= 11 is 0. The SMILES string of the molecule is Cc1ccccc1NC(=O)N1CCn2nc(C(=O)NCc3ccccc3)cc2C1. The standard InChI is InChI=1S/C22H23N5O2/c1-16-7-5-6-10-19(16)24-22(29)26-11-12-27-18(15-26)13-20(25-27)21(28)23-14-17-8-3-2-4-9-17/h2-10,13H,11-12,14-15H2,1H3,(H,23,28)(H,24,29). The maximum atomic E-state index is 12.6. The molecule has 0 unspecified atom stereocenters. The Bertz CT molecular complexity index is 1030. The van der Waals surface area contributed by atoms with Gasteiger partial charge in [-0.2, -0.15) is 5.10 Å². The molecule has 2 heterocycles. The van der Waals surface area contributed by atoms with Crippen molar-refractivity contribution in [1.29, 1.82) is 0 Å². The third-order valence-corrected chi connectivity index (χ3v) is 5.00. The van der Waals surface area contributed by atoms with Gasteiger partial charge in [-0.1, -0.05) is 48.5 Å². The van der Waals surface area contributed by atoms with Crippen LogP contribution in [0, 0.1) is 6.92 Å². The third-order valence-electron chi connectivity index (χ3n) is 5.00. The molecule has 148 valence electrons. The molecule has 1 aromatic heterocycles. The predicted octanol–water partition coefficient (Wildman–Crippen LogP) is 3.17. The van der Waals surface area contributed by atoms with E-state index in [0.717, 1.165) is 22.5 Å². The van der Waals surface area contributed by atoms with Crippen molar-refractivity contribution in [3.63, 3.8) is 0 Å². The van der Waals surface area contributed by atoms with Gasteiger partial charge in [0.1, 0.15) is 0 Å². The van der Waals surface area contributed by atoms with E-state index in [-0.39, 0.29) is 11.9 Å². The van der Waals surface area contributed by atoms with Gasteiger partial charge in [0.15, 0.2) is 5.69 Å². The van der Waals surface area contributed by atoms with Crippen molar-refractivity contribution in [2.75, 3.05) is 11.9 Å². The first-order valence-electron chi connectivity index (χ1n) is 9.60. The van der Waals surface area contributed by atoms with E-state index >= 15 is 0 Å². The van der Waals surface area contributed by atoms with Crippen LogP contribution in [0.4, 0.5) is 10.5 Å². The minimum atomic E-state index is -0.216. The van der Waals surface area contributed by atoms with Crippen LogP contribution in [0.2, 0.25) is 0 Å². The molecular weight excluding hydrogens is 366 g/mol. The van der Waals surface area contributed by atoms with E-state index in [9.17, 15) is 9.59 Å². The molecule has 0 saturated heterocycles. The maximum Gasteiger partial charge on any atom is 0.322 e. The van der Waals surface area contributed by atoms with Crippen LogP contribution in [-0.2, 0) is 19.6 Å². The van der Waals surface area contributed by atoms with E-state index in [2.05, 4.69) is 15.7 Å². The maximum absolute atomic E-state index is 12.6. The molecular formula is C22H23N5O2. The van der Waals surface area contributed by atoms with Crippen LogP contribution in [0.5, 0.6) is 0 Å². The van der Waals surface area contributed by atoms with Crippen molar-refractivity contribution in [3.8, 4) is 0 Å². The summed E-state index contributed by atoms with van der Waals surface area (Å²) < 4.78 is 1.80. The van der Waals surface area contributed by atoms with Gasteiger partial charge in [0.25, 0.3) is 5.91 Å². The van der Waals surface area contributed by atoms with Crippen LogP contribution < -0.4 is 10.6 Å². The van der Waals surface area contributed by atoms with Gasteiger partial charge in [0.05, 0.1) is 18.8 Å². The molecule has 7 nitrogen and oxygen atoms in total. The molecule has 4 rings (SSSR count). The molecule has 2 aromatic carbocycles. The number of rotatable bonds is 4. The molecule has 0 saturated carbocycles. The molecule has 0 fully saturated rings. The fourth-order valence-electron chi connectivity index (χ4n) is 3.33. The minimum absolute atomic E-state index is 0.151. The number of urea groups is 1. The van der Waals surface area contributed by atoms with E-state index in [1.807, 2.05) is 61.5 Å². The summed E-state index contributed by atoms with van der Waals surface area (Å²) in [4.78, 5) is 26.8. The van der Waals surface area contributed by atoms with E-state index in [4.69, 9.17) is 0 Å². The molecule has 0 bridgehead atoms. The first-order valence-corrected chi connectivity index (χ1v) is 9.60. The molecule has 7 heteroatoms. The summed E-state index contributed by atoms with van der Waals surface area (Å²) in [5.41, 5.74) is 4.07. The second-order valence-electron chi connectivity index (χ2n) is 7.08. The van der Waals surface area contributed by atoms with Gasteiger partial charge in [-0.05, 0) is 30.2 Å². The predicted molar refractivity (Wildman–Crippen MR) is 110 cm³/mol. The van der Waals surface area contributed by atoms with Crippen molar-refractivity contribution in [1.82, 2.24) is 20.0 Å². The largest absolute Gasteiger partial charge is 0.347 e. The molecule has 3 amide bonds. The van der Waals surface area contributed by atoms with Gasteiger partial charge in [-0.25, -0.2) is 4.79 Å². The van der Waals surface area contributed by atoms with Crippen molar-refractivity contribution in [2.24, 2.45) is 0 Å². The van der Waals surface area contributed by atoms with Crippen LogP contribution in [0.3, 0.4) is 0 Å². The Morgan fingerprint density at radius 3 is 2.59 bits per heavy atom. The fraction of sp³-hybridized carbons (Fsp3) is 0.227. The van der Waals surface area contributed by atoms with Gasteiger partial charge in [-0.3, -0.25) is 9.48 Å². The number of anilines is 1. The molecule has 0 radical (unpaired) electrons. The zero-order valence-corrected chi connectivity index (χ0v) is 16.3. The highest BCUT2D eigenvalue weighted by molar-refractivity contribution is 5.92. The smallest absolute Gasteiger partial charge is 0.322 e. The van der Waals surface area contributed by atoms with Crippen molar-refractivity contribution >= 4 is 17.6 Å². The van der Waals surface area contributed by atoms with Crippen molar-refractivity contribution in [2.45, 2.75) is 26.6 Å². The Hall–Kier alpha value is -3.61. The monoisotopic (exact) mass is 389 g/mol. The van der Waals surface area contributed by atoms with Crippen molar-refractivity contribution < 1.29 is 9.59 Å². The zero-order chi connectivity index (χ0) is 20.2. The fourth-order valence-corrected chi connectivity index (χ4v) is 3.33. The number of nitrogens with one attached hydrogen (secondary N) is 2. The van der Waals surface area contributed by atoms with Gasteiger partial charge in [0.2, 0.25) is 0 Å². The van der Waals surface area contributed by atoms with Gasteiger partial charge < -0.3 is 15.5 Å². The molecule has 1 aliphatic heterocycles. The number of carbonyl (C=O) groups excluding carboxylic acids is 2. The highest BCUT2D eigenvalue weighted by Gasteiger charge is 2.24. The normalized spacial score (nSPS) is 12.9. The lowest BCUT2D eigenvalue weighted by Gasteiger charge is -2.28. The first kappa shape index (κ1) is 18.7. The lowest BCUT2D eigenvalue weighted by Crippen LogP contribution is -2.41. The number of aromatic nitrogens is 2. The van der Waals surface area contributed by atoms with Crippen LogP contribution >= 0.6 is 0 Å². The average molecular weight is 389 g/mol. The minimum Gasteiger partial charge on any atom is -0.347 e. The van der Waals surface area contributed by atoms with Crippen LogP contribution in [-0.4, -0.2) is 33.2 Å². The summed E-state index contributed by atoms with van der Waals surface area (Å²) in [6.07, 6.45) is 0. The average Bonchev–Trinajstić information content (AvgIpc) is 3.18. The number of fused-ring (bicyclic) bond motifs is 1. The second-order valence-corrected chi connectivity index (χ2v) is 7.08. The highest BCUT2D eigenvalue weighted by atomic mass is 16.2. The summed E-state index contributed by atoms with van der Waals surface area (Å²) in [6.45, 7) is 3.92. The van der Waals surface area contributed by atoms with E-state index in [1.165, 1.54) is 0 Å². The quantitative estimate of drug-likeness (QED) is 0.719. The number of nitrogens with zero attached hydrogens (tertiary/aromatic N) is 3. The Kier molecular flexibility index (Phi) is 5.29. The molecule has 2 N–H and O–H groups in total. The lowest BCUT2D eigenvalue weighted by atomic mass is 10.2. The Morgan fingerprint density at radius 2 is 1.79 bits per heavy atom. The number of carbonyl (C=O) groups is 2. The summed E-state index contributed by atoms with van der Waals surface area (Å²) in [6, 6.07) is 19.0. The lowest BCUT2D eigenvalue weighted by molar-refractivity contribution is 0.0944. The van der Waals surface area contributed by atoms with Gasteiger partial charge in [0, 0.05) is 18.8 Å². The number of aryl methyl sites for hydroxylation is 1. The summed E-state index contributed by atoms with van der Waals surface area (Å²) in [5, 5.41) is 10.2. The van der Waals surface area contributed by atoms with Crippen LogP contribution in [0.1, 0.15) is 27.3 Å². The van der Waals surface area contributed by atoms with Crippen LogP contribution in [0.25, 0.3) is 0 Å². The summed E-state index contributed by atoms with van der Waals surface area (Å²) in [5.74, 6) is -0.216.